The number of hydrogen-bond acceptors (Lipinski definition) is 8. The van der Waals surface area contributed by atoms with E-state index in [0.29, 0.717) is 13.0 Å². The van der Waals surface area contributed by atoms with E-state index in [1.165, 1.54) is 96.3 Å². The highest BCUT2D eigenvalue weighted by molar-refractivity contribution is 7.47. The molecule has 53 heavy (non-hydrogen) atoms. The largest absolute Gasteiger partial charge is 0.480 e. The van der Waals surface area contributed by atoms with E-state index in [0.717, 1.165) is 57.8 Å². The summed E-state index contributed by atoms with van der Waals surface area (Å²) in [6, 6.07) is -1.47. The molecule has 0 bridgehead atoms. The topological polar surface area (TPSA) is 155 Å². The van der Waals surface area contributed by atoms with Crippen LogP contribution >= 0.6 is 7.82 Å². The predicted molar refractivity (Wildman–Crippen MR) is 217 cm³/mol. The predicted octanol–water partition coefficient (Wildman–Crippen LogP) is 11.3. The number of rotatable bonds is 40. The fourth-order valence-electron chi connectivity index (χ4n) is 5.61. The number of carboxylic acid groups (broad SMARTS) is 1. The molecule has 0 amide bonds. The van der Waals surface area contributed by atoms with Gasteiger partial charge in [-0.2, -0.15) is 0 Å². The van der Waals surface area contributed by atoms with Crippen molar-refractivity contribution < 1.29 is 42.7 Å². The average Bonchev–Trinajstić information content (AvgIpc) is 3.13. The molecule has 310 valence electrons. The molecule has 3 unspecified atom stereocenters. The zero-order valence-corrected chi connectivity index (χ0v) is 34.5. The Bertz CT molecular complexity index is 988. The Labute approximate surface area is 323 Å². The standard InChI is InChI=1S/C42H78NO9P/c1-3-5-7-9-11-13-15-16-17-18-19-20-21-22-23-25-27-29-31-33-35-49-36-39(37-50-53(47,48)51-38-40(43)42(45)46)52-41(44)34-32-30-28-26-24-14-12-10-8-6-4-2/h11,13,16-17,19-20,39-40H,3-10,12,14-15,18,21-38,43H2,1-2H3,(H,45,46)(H,47,48)/b13-11-,17-16-,20-19-. The second kappa shape index (κ2) is 38.5. The molecule has 0 aromatic rings. The van der Waals surface area contributed by atoms with Crippen LogP contribution in [0.3, 0.4) is 0 Å². The smallest absolute Gasteiger partial charge is 0.472 e. The lowest BCUT2D eigenvalue weighted by Gasteiger charge is -2.20. The number of esters is 1. The Morgan fingerprint density at radius 2 is 1.04 bits per heavy atom. The van der Waals surface area contributed by atoms with Gasteiger partial charge in [0.25, 0.3) is 0 Å². The molecule has 0 aliphatic heterocycles. The van der Waals surface area contributed by atoms with Gasteiger partial charge in [-0.25, -0.2) is 4.57 Å². The second-order valence-corrected chi connectivity index (χ2v) is 15.6. The van der Waals surface area contributed by atoms with Crippen LogP contribution in [0.1, 0.15) is 181 Å². The monoisotopic (exact) mass is 772 g/mol. The molecule has 3 atom stereocenters. The van der Waals surface area contributed by atoms with Crippen LogP contribution in [-0.2, 0) is 32.7 Å². The third kappa shape index (κ3) is 38.3. The zero-order valence-electron chi connectivity index (χ0n) is 33.6. The number of phosphoric ester groups is 1. The van der Waals surface area contributed by atoms with Crippen LogP contribution < -0.4 is 5.73 Å². The highest BCUT2D eigenvalue weighted by atomic mass is 31.2. The minimum absolute atomic E-state index is 0.0120. The number of unbranched alkanes of at least 4 members (excludes halogenated alkanes) is 20. The minimum Gasteiger partial charge on any atom is -0.480 e. The van der Waals surface area contributed by atoms with E-state index in [2.05, 4.69) is 50.3 Å². The molecule has 0 spiro atoms. The van der Waals surface area contributed by atoms with Crippen LogP contribution in [0.25, 0.3) is 0 Å². The quantitative estimate of drug-likeness (QED) is 0.0237. The maximum atomic E-state index is 12.6. The first kappa shape index (κ1) is 51.2. The third-order valence-corrected chi connectivity index (χ3v) is 9.87. The molecule has 0 saturated carbocycles. The molecule has 0 rings (SSSR count). The van der Waals surface area contributed by atoms with Gasteiger partial charge in [0.1, 0.15) is 12.1 Å². The third-order valence-electron chi connectivity index (χ3n) is 8.92. The van der Waals surface area contributed by atoms with Gasteiger partial charge in [0.15, 0.2) is 0 Å². The Morgan fingerprint density at radius 3 is 1.58 bits per heavy atom. The maximum Gasteiger partial charge on any atom is 0.472 e. The van der Waals surface area contributed by atoms with Crippen LogP contribution in [0.15, 0.2) is 36.5 Å². The van der Waals surface area contributed by atoms with Crippen molar-refractivity contribution in [3.63, 3.8) is 0 Å². The SMILES string of the molecule is CCCCC/C=C\C/C=C\C/C=C\CCCCCCCCCOCC(COP(=O)(O)OCC(N)C(=O)O)OC(=O)CCCCCCCCCCCCC. The van der Waals surface area contributed by atoms with Crippen molar-refractivity contribution in [2.75, 3.05) is 26.4 Å². The first-order valence-electron chi connectivity index (χ1n) is 21.0. The van der Waals surface area contributed by atoms with E-state index in [-0.39, 0.29) is 13.0 Å². The molecule has 10 nitrogen and oxygen atoms in total. The van der Waals surface area contributed by atoms with Gasteiger partial charge in [-0.1, -0.05) is 159 Å². The lowest BCUT2D eigenvalue weighted by atomic mass is 10.1. The molecule has 0 fully saturated rings. The lowest BCUT2D eigenvalue weighted by molar-refractivity contribution is -0.154. The van der Waals surface area contributed by atoms with Gasteiger partial charge < -0.3 is 25.2 Å². The average molecular weight is 772 g/mol. The van der Waals surface area contributed by atoms with E-state index < -0.39 is 45.1 Å². The lowest BCUT2D eigenvalue weighted by Crippen LogP contribution is -2.34. The van der Waals surface area contributed by atoms with Gasteiger partial charge in [-0.3, -0.25) is 18.6 Å². The van der Waals surface area contributed by atoms with Crippen molar-refractivity contribution in [3.05, 3.63) is 36.5 Å². The van der Waals surface area contributed by atoms with E-state index in [1.807, 2.05) is 0 Å². The second-order valence-electron chi connectivity index (χ2n) is 14.1. The summed E-state index contributed by atoms with van der Waals surface area (Å²) in [4.78, 5) is 33.4. The molecular weight excluding hydrogens is 693 g/mol. The number of hydrogen-bond donors (Lipinski definition) is 3. The number of phosphoric acid groups is 1. The molecule has 0 heterocycles. The van der Waals surface area contributed by atoms with Crippen LogP contribution in [-0.4, -0.2) is 60.5 Å². The number of aliphatic carboxylic acids is 1. The van der Waals surface area contributed by atoms with Gasteiger partial charge in [-0.05, 0) is 51.4 Å². The number of nitrogens with two attached hydrogens (primary N) is 1. The van der Waals surface area contributed by atoms with Crippen molar-refractivity contribution >= 4 is 19.8 Å². The number of ether oxygens (including phenoxy) is 2. The van der Waals surface area contributed by atoms with Gasteiger partial charge in [0.05, 0.1) is 19.8 Å². The Kier molecular flexibility index (Phi) is 37.2. The van der Waals surface area contributed by atoms with E-state index in [4.69, 9.17) is 29.4 Å². The van der Waals surface area contributed by atoms with Crippen LogP contribution in [0.4, 0.5) is 0 Å². The number of carbonyl (C=O) groups is 2. The molecule has 0 aliphatic rings. The number of carboxylic acids is 1. The van der Waals surface area contributed by atoms with Crippen LogP contribution in [0.5, 0.6) is 0 Å². The van der Waals surface area contributed by atoms with Crippen molar-refractivity contribution in [1.82, 2.24) is 0 Å². The highest BCUT2D eigenvalue weighted by Crippen LogP contribution is 2.43. The molecule has 0 radical (unpaired) electrons. The van der Waals surface area contributed by atoms with Crippen molar-refractivity contribution in [2.45, 2.75) is 193 Å². The number of carbonyl (C=O) groups excluding carboxylic acids is 1. The molecule has 11 heteroatoms. The summed E-state index contributed by atoms with van der Waals surface area (Å²) >= 11 is 0. The van der Waals surface area contributed by atoms with E-state index in [1.54, 1.807) is 0 Å². The van der Waals surface area contributed by atoms with E-state index in [9.17, 15) is 19.0 Å². The Balaban J connectivity index is 4.22. The first-order valence-corrected chi connectivity index (χ1v) is 22.5. The highest BCUT2D eigenvalue weighted by Gasteiger charge is 2.27. The summed E-state index contributed by atoms with van der Waals surface area (Å²) in [6.45, 7) is 3.82. The maximum absolute atomic E-state index is 12.6. The molecular formula is C42H78NO9P. The minimum atomic E-state index is -4.61. The Hall–Kier alpha value is -1.81. The molecule has 0 aliphatic carbocycles. The molecule has 4 N–H and O–H groups in total. The Morgan fingerprint density at radius 1 is 0.604 bits per heavy atom. The van der Waals surface area contributed by atoms with Gasteiger partial charge in [0, 0.05) is 13.0 Å². The van der Waals surface area contributed by atoms with Crippen molar-refractivity contribution in [1.29, 1.82) is 0 Å². The summed E-state index contributed by atoms with van der Waals surface area (Å²) < 4.78 is 33.3. The first-order chi connectivity index (χ1) is 25.7. The normalized spacial score (nSPS) is 14.3. The summed E-state index contributed by atoms with van der Waals surface area (Å²) in [5, 5.41) is 8.88. The summed E-state index contributed by atoms with van der Waals surface area (Å²) in [6.07, 6.45) is 41.9. The van der Waals surface area contributed by atoms with Gasteiger partial charge >= 0.3 is 19.8 Å². The summed E-state index contributed by atoms with van der Waals surface area (Å²) in [5.41, 5.74) is 5.34. The molecule has 0 saturated heterocycles. The van der Waals surface area contributed by atoms with Gasteiger partial charge in [0.2, 0.25) is 0 Å². The number of allylic oxidation sites excluding steroid dienone is 6. The van der Waals surface area contributed by atoms with Crippen LogP contribution in [0.2, 0.25) is 0 Å². The van der Waals surface area contributed by atoms with E-state index >= 15 is 0 Å². The summed E-state index contributed by atoms with van der Waals surface area (Å²) in [5.74, 6) is -1.78. The molecule has 0 aromatic heterocycles. The fraction of sp³-hybridized carbons (Fsp3) is 0.810. The fourth-order valence-corrected chi connectivity index (χ4v) is 6.39. The van der Waals surface area contributed by atoms with Crippen molar-refractivity contribution in [2.24, 2.45) is 5.73 Å². The zero-order chi connectivity index (χ0) is 39.1. The summed E-state index contributed by atoms with van der Waals surface area (Å²) in [7, 11) is -4.61. The van der Waals surface area contributed by atoms with Crippen molar-refractivity contribution in [3.8, 4) is 0 Å². The van der Waals surface area contributed by atoms with Crippen LogP contribution in [0, 0.1) is 0 Å². The van der Waals surface area contributed by atoms with Gasteiger partial charge in [-0.15, -0.1) is 0 Å². The molecule has 0 aromatic carbocycles.